The van der Waals surface area contributed by atoms with E-state index in [4.69, 9.17) is 10.4 Å². The van der Waals surface area contributed by atoms with Gasteiger partial charge in [0.05, 0.1) is 32.6 Å². The summed E-state index contributed by atoms with van der Waals surface area (Å²) in [5, 5.41) is 18.2. The van der Waals surface area contributed by atoms with Crippen LogP contribution in [0.15, 0.2) is 76.5 Å². The van der Waals surface area contributed by atoms with E-state index in [2.05, 4.69) is 4.72 Å². The van der Waals surface area contributed by atoms with Gasteiger partial charge in [0.15, 0.2) is 0 Å². The highest BCUT2D eigenvalue weighted by atomic mass is 32.2. The number of benzene rings is 3. The fourth-order valence-electron chi connectivity index (χ4n) is 4.37. The highest BCUT2D eigenvalue weighted by molar-refractivity contribution is 7.89. The van der Waals surface area contributed by atoms with Crippen molar-refractivity contribution in [3.63, 3.8) is 0 Å². The summed E-state index contributed by atoms with van der Waals surface area (Å²) in [5.74, 6) is -1.30. The normalized spacial score (nSPS) is 15.4. The van der Waals surface area contributed by atoms with E-state index in [1.54, 1.807) is 0 Å². The maximum atomic E-state index is 14.0. The van der Waals surface area contributed by atoms with Crippen LogP contribution in [0.1, 0.15) is 34.3 Å². The maximum absolute atomic E-state index is 14.0. The number of rotatable bonds is 7. The zero-order valence-electron chi connectivity index (χ0n) is 20.6. The quantitative estimate of drug-likeness (QED) is 0.420. The van der Waals surface area contributed by atoms with E-state index in [9.17, 15) is 34.8 Å². The van der Waals surface area contributed by atoms with Crippen LogP contribution < -0.4 is 4.72 Å². The number of nitrogens with one attached hydrogen (secondary N) is 1. The molecule has 1 aliphatic rings. The van der Waals surface area contributed by atoms with Crippen molar-refractivity contribution in [2.24, 2.45) is 0 Å². The lowest BCUT2D eigenvalue weighted by Crippen LogP contribution is -2.46. The molecule has 0 saturated carbocycles. The van der Waals surface area contributed by atoms with Gasteiger partial charge in [-0.3, -0.25) is 0 Å². The fourth-order valence-corrected chi connectivity index (χ4v) is 7.40. The SMILES string of the molecule is N#Cc1cccc(-c2ccc(S(=O)(=O)NC3CCN(S(=O)(=O)c4cccc(C(=O)O)c4)CC3)c(C(F)(F)F)c2)c1. The molecular weight excluding hydrogens is 571 g/mol. The number of halogens is 3. The first kappa shape index (κ1) is 29.2. The van der Waals surface area contributed by atoms with Gasteiger partial charge in [0.1, 0.15) is 0 Å². The molecule has 4 rings (SSSR count). The van der Waals surface area contributed by atoms with Gasteiger partial charge in [0, 0.05) is 19.1 Å². The number of alkyl halides is 3. The molecule has 0 aromatic heterocycles. The number of carbonyl (C=O) groups is 1. The van der Waals surface area contributed by atoms with Crippen LogP contribution in [0.4, 0.5) is 13.2 Å². The van der Waals surface area contributed by atoms with Crippen molar-refractivity contribution >= 4 is 26.0 Å². The fraction of sp³-hybridized carbons (Fsp3) is 0.231. The molecular formula is C26H22F3N3O6S2. The summed E-state index contributed by atoms with van der Waals surface area (Å²) in [7, 11) is -8.74. The monoisotopic (exact) mass is 593 g/mol. The molecule has 2 N–H and O–H groups in total. The van der Waals surface area contributed by atoms with Crippen LogP contribution in [0, 0.1) is 11.3 Å². The molecule has 9 nitrogen and oxygen atoms in total. The Balaban J connectivity index is 1.53. The number of hydrogen-bond acceptors (Lipinski definition) is 6. The Bertz CT molecular complexity index is 1710. The maximum Gasteiger partial charge on any atom is 0.417 e. The molecule has 1 fully saturated rings. The third-order valence-electron chi connectivity index (χ3n) is 6.39. The number of hydrogen-bond donors (Lipinski definition) is 2. The number of piperidine rings is 1. The predicted octanol–water partition coefficient (Wildman–Crippen LogP) is 4.07. The molecule has 0 atom stereocenters. The Morgan fingerprint density at radius 2 is 1.60 bits per heavy atom. The minimum atomic E-state index is -5.01. The van der Waals surface area contributed by atoms with Crippen LogP contribution in [-0.2, 0) is 26.2 Å². The van der Waals surface area contributed by atoms with Crippen LogP contribution in [0.5, 0.6) is 0 Å². The molecule has 0 aliphatic carbocycles. The van der Waals surface area contributed by atoms with Crippen molar-refractivity contribution in [3.8, 4) is 17.2 Å². The first-order valence-corrected chi connectivity index (χ1v) is 14.7. The van der Waals surface area contributed by atoms with E-state index in [0.717, 1.165) is 16.4 Å². The first-order chi connectivity index (χ1) is 18.7. The summed E-state index contributed by atoms with van der Waals surface area (Å²) in [5.41, 5.74) is -0.976. The summed E-state index contributed by atoms with van der Waals surface area (Å²) in [4.78, 5) is 9.99. The van der Waals surface area contributed by atoms with E-state index in [0.29, 0.717) is 11.6 Å². The van der Waals surface area contributed by atoms with Crippen molar-refractivity contribution < 1.29 is 39.9 Å². The zero-order valence-corrected chi connectivity index (χ0v) is 22.2. The summed E-state index contributed by atoms with van der Waals surface area (Å²) in [6.45, 7) is -0.264. The lowest BCUT2D eigenvalue weighted by Gasteiger charge is -2.31. The van der Waals surface area contributed by atoms with Crippen LogP contribution in [0.2, 0.25) is 0 Å². The second kappa shape index (κ2) is 11.0. The molecule has 40 heavy (non-hydrogen) atoms. The Kier molecular flexibility index (Phi) is 8.04. The molecule has 14 heteroatoms. The van der Waals surface area contributed by atoms with Crippen LogP contribution >= 0.6 is 0 Å². The number of carboxylic acids is 1. The number of sulfonamides is 2. The molecule has 1 heterocycles. The summed E-state index contributed by atoms with van der Waals surface area (Å²) >= 11 is 0. The van der Waals surface area contributed by atoms with Crippen molar-refractivity contribution in [3.05, 3.63) is 83.4 Å². The van der Waals surface area contributed by atoms with Crippen LogP contribution in [0.3, 0.4) is 0 Å². The Hall–Kier alpha value is -3.77. The minimum absolute atomic E-state index is 0.0164. The van der Waals surface area contributed by atoms with Crippen molar-refractivity contribution in [2.45, 2.75) is 34.9 Å². The topological polar surface area (TPSA) is 145 Å². The zero-order chi connectivity index (χ0) is 29.3. The third kappa shape index (κ3) is 6.18. The molecule has 0 amide bonds. The van der Waals surface area contributed by atoms with Gasteiger partial charge in [-0.05, 0) is 66.4 Å². The minimum Gasteiger partial charge on any atom is -0.478 e. The Labute approximate surface area is 228 Å². The van der Waals surface area contributed by atoms with Gasteiger partial charge < -0.3 is 5.11 Å². The van der Waals surface area contributed by atoms with E-state index >= 15 is 0 Å². The predicted molar refractivity (Wildman–Crippen MR) is 137 cm³/mol. The summed E-state index contributed by atoms with van der Waals surface area (Å²) in [6.07, 6.45) is -5.04. The van der Waals surface area contributed by atoms with Gasteiger partial charge in [-0.2, -0.15) is 22.7 Å². The first-order valence-electron chi connectivity index (χ1n) is 11.8. The average molecular weight is 594 g/mol. The molecule has 0 spiro atoms. The number of nitrogens with zero attached hydrogens (tertiary/aromatic N) is 2. The van der Waals surface area contributed by atoms with Crippen LogP contribution in [-0.4, -0.2) is 51.3 Å². The van der Waals surface area contributed by atoms with Gasteiger partial charge in [0.25, 0.3) is 0 Å². The largest absolute Gasteiger partial charge is 0.478 e. The molecule has 1 saturated heterocycles. The molecule has 0 radical (unpaired) electrons. The molecule has 3 aromatic rings. The van der Waals surface area contributed by atoms with Crippen molar-refractivity contribution in [2.75, 3.05) is 13.1 Å². The van der Waals surface area contributed by atoms with Gasteiger partial charge in [-0.15, -0.1) is 0 Å². The van der Waals surface area contributed by atoms with Crippen LogP contribution in [0.25, 0.3) is 11.1 Å². The summed E-state index contributed by atoms with van der Waals surface area (Å²) in [6, 6.07) is 14.5. The average Bonchev–Trinajstić information content (AvgIpc) is 2.92. The second-order valence-electron chi connectivity index (χ2n) is 9.03. The van der Waals surface area contributed by atoms with Gasteiger partial charge in [-0.1, -0.05) is 24.3 Å². The van der Waals surface area contributed by atoms with Gasteiger partial charge >= 0.3 is 12.1 Å². The van der Waals surface area contributed by atoms with Gasteiger partial charge in [0.2, 0.25) is 20.0 Å². The lowest BCUT2D eigenvalue weighted by molar-refractivity contribution is -0.139. The molecule has 3 aromatic carbocycles. The second-order valence-corrected chi connectivity index (χ2v) is 12.7. The highest BCUT2D eigenvalue weighted by Crippen LogP contribution is 2.37. The van der Waals surface area contributed by atoms with E-state index in [-0.39, 0.29) is 47.5 Å². The third-order valence-corrected chi connectivity index (χ3v) is 9.87. The summed E-state index contributed by atoms with van der Waals surface area (Å²) < 4.78 is 97.3. The molecule has 210 valence electrons. The molecule has 0 bridgehead atoms. The number of carboxylic acid groups (broad SMARTS) is 1. The molecule has 1 aliphatic heterocycles. The number of aromatic carboxylic acids is 1. The van der Waals surface area contributed by atoms with Crippen molar-refractivity contribution in [1.82, 2.24) is 9.03 Å². The molecule has 0 unspecified atom stereocenters. The van der Waals surface area contributed by atoms with E-state index in [1.807, 2.05) is 6.07 Å². The standard InChI is InChI=1S/C26H22F3N3O6S2/c27-26(28,29)23-15-19(18-4-1-3-17(13-18)16-30)7-8-24(23)39(35,36)31-21-9-11-32(12-10-21)40(37,38)22-6-2-5-20(14-22)25(33)34/h1-8,13-15,21,31H,9-12H2,(H,33,34). The smallest absolute Gasteiger partial charge is 0.417 e. The number of nitriles is 1. The van der Waals surface area contributed by atoms with E-state index < -0.39 is 48.7 Å². The van der Waals surface area contributed by atoms with Gasteiger partial charge in [-0.25, -0.2) is 26.4 Å². The lowest BCUT2D eigenvalue weighted by atomic mass is 10.0. The van der Waals surface area contributed by atoms with Crippen molar-refractivity contribution in [1.29, 1.82) is 5.26 Å². The highest BCUT2D eigenvalue weighted by Gasteiger charge is 2.39. The Morgan fingerprint density at radius 1 is 0.950 bits per heavy atom. The Morgan fingerprint density at radius 3 is 2.23 bits per heavy atom. The van der Waals surface area contributed by atoms with E-state index in [1.165, 1.54) is 48.5 Å².